The molecule has 1 rings (SSSR count). The van der Waals surface area contributed by atoms with Crippen LogP contribution in [0, 0.1) is 0 Å². The molecule has 1 aromatic carbocycles. The normalized spacial score (nSPS) is 6.69. The van der Waals surface area contributed by atoms with Crippen LogP contribution >= 0.6 is 0 Å². The SMILES string of the molecule is C=Cc1ccccc1.CC.CC.[3H]C. The van der Waals surface area contributed by atoms with E-state index >= 15 is 0 Å². The summed E-state index contributed by atoms with van der Waals surface area (Å²) in [4.78, 5) is 0. The van der Waals surface area contributed by atoms with Crippen molar-refractivity contribution in [3.8, 4) is 0 Å². The Kier molecular flexibility index (Phi) is 19.1. The van der Waals surface area contributed by atoms with Gasteiger partial charge in [0.05, 0.1) is 0 Å². The zero-order valence-corrected chi connectivity index (χ0v) is 9.67. The van der Waals surface area contributed by atoms with Crippen LogP contribution in [-0.4, -0.2) is 0 Å². The summed E-state index contributed by atoms with van der Waals surface area (Å²) in [6, 6.07) is 10.0. The quantitative estimate of drug-likeness (QED) is 0.572. The van der Waals surface area contributed by atoms with Crippen LogP contribution in [0.5, 0.6) is 0 Å². The predicted molar refractivity (Wildman–Crippen MR) is 66.0 cm³/mol. The number of rotatable bonds is 1. The largest absolute Gasteiger partial charge is 0.0985 e. The van der Waals surface area contributed by atoms with E-state index in [1.54, 1.807) is 0 Å². The van der Waals surface area contributed by atoms with Crippen LogP contribution in [0.15, 0.2) is 36.9 Å². The van der Waals surface area contributed by atoms with Gasteiger partial charge >= 0.3 is 0 Å². The first-order chi connectivity index (χ1) is 6.93. The molecule has 0 aliphatic heterocycles. The Hall–Kier alpha value is -1.04. The fourth-order valence-electron chi connectivity index (χ4n) is 0.589. The smallest absolute Gasteiger partial charge is 0.0194 e. The lowest BCUT2D eigenvalue weighted by molar-refractivity contribution is 1.50. The molecular weight excluding hydrogens is 156 g/mol. The standard InChI is InChI=1S/C8H8.2C2H6.CH4/c1-2-8-6-4-3-5-7-8;2*1-2;/h2-7H,1H2;2*1-2H3;1H4/i;;;1T. The summed E-state index contributed by atoms with van der Waals surface area (Å²) in [5.74, 6) is 0. The average molecular weight is 182 g/mol. The summed E-state index contributed by atoms with van der Waals surface area (Å²) in [5.41, 5.74) is 1.17. The summed E-state index contributed by atoms with van der Waals surface area (Å²) in [6.45, 7) is 11.6. The van der Waals surface area contributed by atoms with Crippen LogP contribution in [0.25, 0.3) is 6.08 Å². The van der Waals surface area contributed by atoms with E-state index in [0.29, 0.717) is 0 Å². The van der Waals surface area contributed by atoms with Gasteiger partial charge in [-0.3, -0.25) is 0 Å². The molecule has 0 atom stereocenters. The van der Waals surface area contributed by atoms with Crippen LogP contribution < -0.4 is 0 Å². The Bertz CT molecular complexity index is 168. The van der Waals surface area contributed by atoms with Gasteiger partial charge in [0, 0.05) is 1.37 Å². The van der Waals surface area contributed by atoms with Crippen molar-refractivity contribution in [2.45, 2.75) is 35.1 Å². The third-order valence-electron chi connectivity index (χ3n) is 1.04. The molecule has 0 radical (unpaired) electrons. The highest BCUT2D eigenvalue weighted by Crippen LogP contribution is 1.97. The van der Waals surface area contributed by atoms with Gasteiger partial charge < -0.3 is 0 Å². The molecule has 0 N–H and O–H groups in total. The van der Waals surface area contributed by atoms with E-state index in [9.17, 15) is 0 Å². The zero-order chi connectivity index (χ0) is 11.8. The van der Waals surface area contributed by atoms with E-state index < -0.39 is 0 Å². The maximum absolute atomic E-state index is 5.75. The number of hydrogen-bond acceptors (Lipinski definition) is 0. The minimum atomic E-state index is 1.17. The minimum absolute atomic E-state index is 1.17. The molecule has 0 bridgehead atoms. The molecule has 0 aliphatic carbocycles. The van der Waals surface area contributed by atoms with E-state index in [0.717, 1.165) is 0 Å². The molecule has 0 saturated heterocycles. The first-order valence-electron chi connectivity index (χ1n) is 5.61. The maximum atomic E-state index is 5.75. The molecular formula is C13H24. The molecule has 1 aromatic rings. The van der Waals surface area contributed by atoms with E-state index in [2.05, 4.69) is 6.58 Å². The van der Waals surface area contributed by atoms with Crippen LogP contribution in [-0.2, 0) is 0 Å². The third kappa shape index (κ3) is 11.0. The van der Waals surface area contributed by atoms with Crippen molar-refractivity contribution < 1.29 is 1.37 Å². The fraction of sp³-hybridized carbons (Fsp3) is 0.385. The van der Waals surface area contributed by atoms with Crippen molar-refractivity contribution in [3.63, 3.8) is 0 Å². The van der Waals surface area contributed by atoms with Gasteiger partial charge in [-0.15, -0.1) is 0 Å². The molecule has 76 valence electrons. The van der Waals surface area contributed by atoms with Gasteiger partial charge in [0.2, 0.25) is 0 Å². The fourth-order valence-corrected chi connectivity index (χ4v) is 0.589. The summed E-state index contributed by atoms with van der Waals surface area (Å²) < 4.78 is 5.75. The molecule has 0 nitrogen and oxygen atoms in total. The molecule has 0 aliphatic rings. The Morgan fingerprint density at radius 2 is 1.46 bits per heavy atom. The first-order valence-corrected chi connectivity index (χ1v) is 4.61. The lowest BCUT2D eigenvalue weighted by Gasteiger charge is -1.85. The molecule has 0 heteroatoms. The molecule has 13 heavy (non-hydrogen) atoms. The highest BCUT2D eigenvalue weighted by Gasteiger charge is 1.75. The topological polar surface area (TPSA) is 0 Å². The van der Waals surface area contributed by atoms with Gasteiger partial charge in [0.25, 0.3) is 0 Å². The highest BCUT2D eigenvalue weighted by molar-refractivity contribution is 5.45. The van der Waals surface area contributed by atoms with Crippen molar-refractivity contribution in [3.05, 3.63) is 42.5 Å². The maximum Gasteiger partial charge on any atom is 0.0194 e. The van der Waals surface area contributed by atoms with Gasteiger partial charge in [-0.2, -0.15) is 0 Å². The Morgan fingerprint density at radius 3 is 1.69 bits per heavy atom. The molecule has 0 aromatic heterocycles. The first kappa shape index (κ1) is 14.5. The van der Waals surface area contributed by atoms with Gasteiger partial charge in [0.15, 0.2) is 0 Å². The Labute approximate surface area is 85.7 Å². The van der Waals surface area contributed by atoms with Crippen molar-refractivity contribution in [2.75, 3.05) is 0 Å². The Balaban J connectivity index is -0.000000174. The van der Waals surface area contributed by atoms with Crippen LogP contribution in [0.1, 0.15) is 42.0 Å². The van der Waals surface area contributed by atoms with E-state index in [1.807, 2.05) is 64.1 Å². The van der Waals surface area contributed by atoms with Crippen molar-refractivity contribution >= 4 is 6.08 Å². The molecule has 0 heterocycles. The van der Waals surface area contributed by atoms with Crippen molar-refractivity contribution in [2.24, 2.45) is 0 Å². The average Bonchev–Trinajstić information content (AvgIpc) is 2.37. The molecule has 0 unspecified atom stereocenters. The highest BCUT2D eigenvalue weighted by atomic mass is 13.8. The van der Waals surface area contributed by atoms with Crippen LogP contribution in [0.2, 0.25) is 0 Å². The van der Waals surface area contributed by atoms with Crippen LogP contribution in [0.3, 0.4) is 0 Å². The summed E-state index contributed by atoms with van der Waals surface area (Å²) in [6.07, 6.45) is 1.83. The lowest BCUT2D eigenvalue weighted by atomic mass is 10.2. The zero-order valence-electron chi connectivity index (χ0n) is 10.7. The second kappa shape index (κ2) is 17.2. The van der Waals surface area contributed by atoms with Crippen LogP contribution in [0.4, 0.5) is 0 Å². The third-order valence-corrected chi connectivity index (χ3v) is 1.04. The van der Waals surface area contributed by atoms with Gasteiger partial charge in [-0.25, -0.2) is 0 Å². The lowest BCUT2D eigenvalue weighted by Crippen LogP contribution is -1.63. The Morgan fingerprint density at radius 1 is 1.08 bits per heavy atom. The molecule has 0 saturated carbocycles. The molecule has 0 spiro atoms. The summed E-state index contributed by atoms with van der Waals surface area (Å²) in [7, 11) is 1.25. The molecule has 0 fully saturated rings. The van der Waals surface area contributed by atoms with Crippen molar-refractivity contribution in [1.82, 2.24) is 0 Å². The van der Waals surface area contributed by atoms with E-state index in [1.165, 1.54) is 13.0 Å². The van der Waals surface area contributed by atoms with Gasteiger partial charge in [-0.1, -0.05) is 78.1 Å². The van der Waals surface area contributed by atoms with Crippen molar-refractivity contribution in [1.29, 1.82) is 0 Å². The van der Waals surface area contributed by atoms with E-state index in [4.69, 9.17) is 1.37 Å². The predicted octanol–water partition coefficient (Wildman–Crippen LogP) is 5.02. The second-order valence-corrected chi connectivity index (χ2v) is 1.61. The van der Waals surface area contributed by atoms with Gasteiger partial charge in [0.1, 0.15) is 0 Å². The molecule has 0 amide bonds. The van der Waals surface area contributed by atoms with E-state index in [-0.39, 0.29) is 0 Å². The monoisotopic (exact) mass is 182 g/mol. The minimum Gasteiger partial charge on any atom is -0.0985 e. The number of hydrogen-bond donors (Lipinski definition) is 0. The summed E-state index contributed by atoms with van der Waals surface area (Å²) in [5, 5.41) is 0. The summed E-state index contributed by atoms with van der Waals surface area (Å²) >= 11 is 0. The van der Waals surface area contributed by atoms with Gasteiger partial charge in [-0.05, 0) is 5.56 Å². The number of benzene rings is 1. The second-order valence-electron chi connectivity index (χ2n) is 1.61.